The van der Waals surface area contributed by atoms with Crippen molar-refractivity contribution in [3.05, 3.63) is 71.2 Å². The lowest BCUT2D eigenvalue weighted by molar-refractivity contribution is -0.140. The lowest BCUT2D eigenvalue weighted by Gasteiger charge is -2.31. The van der Waals surface area contributed by atoms with Gasteiger partial charge in [0, 0.05) is 11.9 Å². The molecule has 0 spiro atoms. The molecule has 0 amide bonds. The highest BCUT2D eigenvalue weighted by Crippen LogP contribution is 2.27. The second-order valence-corrected chi connectivity index (χ2v) is 5.90. The van der Waals surface area contributed by atoms with Crippen molar-refractivity contribution < 1.29 is 23.8 Å². The number of rotatable bonds is 5. The highest BCUT2D eigenvalue weighted by molar-refractivity contribution is 6.03. The molecule has 0 radical (unpaired) electrons. The summed E-state index contributed by atoms with van der Waals surface area (Å²) in [6.45, 7) is 0.0885. The van der Waals surface area contributed by atoms with Gasteiger partial charge in [0.1, 0.15) is 12.4 Å². The molecule has 144 valence electrons. The molecule has 0 N–H and O–H groups in total. The molecule has 1 aliphatic heterocycles. The van der Waals surface area contributed by atoms with Crippen molar-refractivity contribution in [2.75, 3.05) is 32.5 Å². The van der Waals surface area contributed by atoms with Crippen LogP contribution in [0.15, 0.2) is 59.9 Å². The van der Waals surface area contributed by atoms with Crippen molar-refractivity contribution in [2.45, 2.75) is 0 Å². The quantitative estimate of drug-likeness (QED) is 0.738. The maximum Gasteiger partial charge on any atom is 0.355 e. The summed E-state index contributed by atoms with van der Waals surface area (Å²) in [5, 5.41) is 0. The van der Waals surface area contributed by atoms with Gasteiger partial charge in [-0.1, -0.05) is 24.3 Å². The van der Waals surface area contributed by atoms with Crippen LogP contribution in [0.3, 0.4) is 0 Å². The van der Waals surface area contributed by atoms with Crippen molar-refractivity contribution >= 4 is 29.8 Å². The molecular formula is C21H20N2O5. The number of pyridine rings is 1. The number of anilines is 1. The van der Waals surface area contributed by atoms with E-state index >= 15 is 0 Å². The van der Waals surface area contributed by atoms with Crippen molar-refractivity contribution in [3.8, 4) is 0 Å². The third-order valence-corrected chi connectivity index (χ3v) is 4.15. The van der Waals surface area contributed by atoms with Gasteiger partial charge >= 0.3 is 11.9 Å². The zero-order chi connectivity index (χ0) is 19.9. The lowest BCUT2D eigenvalue weighted by atomic mass is 10.1. The van der Waals surface area contributed by atoms with E-state index in [1.807, 2.05) is 54.6 Å². The molecule has 1 aromatic carbocycles. The minimum absolute atomic E-state index is 0.0210. The summed E-state index contributed by atoms with van der Waals surface area (Å²) in [6, 6.07) is 13.2. The number of methoxy groups -OCH3 is 2. The van der Waals surface area contributed by atoms with Gasteiger partial charge in [-0.15, -0.1) is 0 Å². The van der Waals surface area contributed by atoms with Crippen LogP contribution < -0.4 is 4.90 Å². The largest absolute Gasteiger partial charge is 0.466 e. The Morgan fingerprint density at radius 1 is 1.07 bits per heavy atom. The Bertz CT molecular complexity index is 921. The van der Waals surface area contributed by atoms with Crippen LogP contribution >= 0.6 is 0 Å². The van der Waals surface area contributed by atoms with E-state index < -0.39 is 11.9 Å². The van der Waals surface area contributed by atoms with Crippen LogP contribution in [0.5, 0.6) is 0 Å². The van der Waals surface area contributed by atoms with Crippen molar-refractivity contribution in [3.63, 3.8) is 0 Å². The van der Waals surface area contributed by atoms with Crippen LogP contribution in [-0.4, -0.2) is 44.5 Å². The molecule has 1 aliphatic rings. The molecule has 0 unspecified atom stereocenters. The zero-order valence-corrected chi connectivity index (χ0v) is 15.6. The van der Waals surface area contributed by atoms with E-state index in [4.69, 9.17) is 14.2 Å². The summed E-state index contributed by atoms with van der Waals surface area (Å²) >= 11 is 0. The Labute approximate surface area is 162 Å². The summed E-state index contributed by atoms with van der Waals surface area (Å²) in [7, 11) is 2.52. The third-order valence-electron chi connectivity index (χ3n) is 4.15. The number of esters is 2. The van der Waals surface area contributed by atoms with Gasteiger partial charge in [-0.2, -0.15) is 0 Å². The van der Waals surface area contributed by atoms with Crippen LogP contribution in [-0.2, 0) is 23.8 Å². The van der Waals surface area contributed by atoms with E-state index in [1.165, 1.54) is 14.2 Å². The van der Waals surface area contributed by atoms with Crippen molar-refractivity contribution in [2.24, 2.45) is 0 Å². The molecule has 0 fully saturated rings. The smallest absolute Gasteiger partial charge is 0.355 e. The Balaban J connectivity index is 1.96. The molecule has 0 saturated heterocycles. The first-order valence-corrected chi connectivity index (χ1v) is 8.58. The number of carbonyl (C=O) groups is 2. The fourth-order valence-electron chi connectivity index (χ4n) is 2.80. The maximum absolute atomic E-state index is 12.4. The number of carbonyl (C=O) groups excluding carboxylic acids is 2. The van der Waals surface area contributed by atoms with Gasteiger partial charge in [0.25, 0.3) is 0 Å². The molecule has 2 heterocycles. The van der Waals surface area contributed by atoms with Crippen molar-refractivity contribution in [1.29, 1.82) is 0 Å². The molecular weight excluding hydrogens is 360 g/mol. The molecule has 1 aromatic heterocycles. The summed E-state index contributed by atoms with van der Waals surface area (Å²) in [6.07, 6.45) is 5.53. The highest BCUT2D eigenvalue weighted by atomic mass is 16.5. The first-order chi connectivity index (χ1) is 13.6. The molecule has 0 atom stereocenters. The zero-order valence-electron chi connectivity index (χ0n) is 15.6. The minimum atomic E-state index is -0.628. The number of ether oxygens (including phenoxy) is 3. The van der Waals surface area contributed by atoms with Crippen LogP contribution in [0, 0.1) is 0 Å². The first kappa shape index (κ1) is 19.3. The van der Waals surface area contributed by atoms with E-state index in [9.17, 15) is 9.59 Å². The maximum atomic E-state index is 12.4. The van der Waals surface area contributed by atoms with Crippen LogP contribution in [0.1, 0.15) is 11.3 Å². The number of hydrogen-bond donors (Lipinski definition) is 0. The molecule has 0 bridgehead atoms. The van der Waals surface area contributed by atoms with Gasteiger partial charge in [-0.3, -0.25) is 4.98 Å². The Kier molecular flexibility index (Phi) is 6.18. The third kappa shape index (κ3) is 4.27. The summed E-state index contributed by atoms with van der Waals surface area (Å²) in [5.41, 5.74) is 2.65. The monoisotopic (exact) mass is 380 g/mol. The van der Waals surface area contributed by atoms with E-state index in [1.54, 1.807) is 11.1 Å². The predicted octanol–water partition coefficient (Wildman–Crippen LogP) is 2.65. The van der Waals surface area contributed by atoms with Crippen LogP contribution in [0.2, 0.25) is 0 Å². The minimum Gasteiger partial charge on any atom is -0.466 e. The van der Waals surface area contributed by atoms with Gasteiger partial charge in [0.05, 0.1) is 32.1 Å². The summed E-state index contributed by atoms with van der Waals surface area (Å²) in [4.78, 5) is 30.3. The summed E-state index contributed by atoms with van der Waals surface area (Å²) in [5.74, 6) is -1.26. The SMILES string of the molecule is COC(=O)C1=C(C(=O)OC)N(c2cccc(C=Cc3ccccn3)c2)COC1. The van der Waals surface area contributed by atoms with Gasteiger partial charge in [-0.05, 0) is 35.9 Å². The van der Waals surface area contributed by atoms with Gasteiger partial charge < -0.3 is 19.1 Å². The topological polar surface area (TPSA) is 78.0 Å². The molecule has 7 nitrogen and oxygen atoms in total. The van der Waals surface area contributed by atoms with E-state index in [0.717, 1.165) is 11.3 Å². The van der Waals surface area contributed by atoms with Crippen LogP contribution in [0.4, 0.5) is 5.69 Å². The van der Waals surface area contributed by atoms with Gasteiger partial charge in [0.2, 0.25) is 0 Å². The Hall–Kier alpha value is -3.45. The molecule has 7 heteroatoms. The summed E-state index contributed by atoms with van der Waals surface area (Å²) < 4.78 is 15.2. The fraction of sp³-hybridized carbons (Fsp3) is 0.190. The second-order valence-electron chi connectivity index (χ2n) is 5.90. The number of nitrogens with zero attached hydrogens (tertiary/aromatic N) is 2. The van der Waals surface area contributed by atoms with Crippen LogP contribution in [0.25, 0.3) is 12.2 Å². The predicted molar refractivity (Wildman–Crippen MR) is 104 cm³/mol. The Morgan fingerprint density at radius 3 is 2.61 bits per heavy atom. The van der Waals surface area contributed by atoms with Gasteiger partial charge in [0.15, 0.2) is 0 Å². The van der Waals surface area contributed by atoms with E-state index in [0.29, 0.717) is 5.69 Å². The number of benzene rings is 1. The molecule has 0 saturated carbocycles. The molecule has 2 aromatic rings. The average molecular weight is 380 g/mol. The Morgan fingerprint density at radius 2 is 1.89 bits per heavy atom. The normalized spacial score (nSPS) is 14.3. The number of hydrogen-bond acceptors (Lipinski definition) is 7. The lowest BCUT2D eigenvalue weighted by Crippen LogP contribution is -2.38. The van der Waals surface area contributed by atoms with Gasteiger partial charge in [-0.25, -0.2) is 9.59 Å². The standard InChI is InChI=1S/C21H20N2O5/c1-26-20(24)18-13-28-14-23(19(18)21(25)27-2)17-8-5-6-15(12-17)9-10-16-7-3-4-11-22-16/h3-12H,13-14H2,1-2H3. The second kappa shape index (κ2) is 8.96. The van der Waals surface area contributed by atoms with E-state index in [2.05, 4.69) is 4.98 Å². The molecule has 28 heavy (non-hydrogen) atoms. The molecule has 3 rings (SSSR count). The molecule has 0 aliphatic carbocycles. The van der Waals surface area contributed by atoms with E-state index in [-0.39, 0.29) is 24.6 Å². The fourth-order valence-corrected chi connectivity index (χ4v) is 2.80. The highest BCUT2D eigenvalue weighted by Gasteiger charge is 2.32. The average Bonchev–Trinajstić information content (AvgIpc) is 2.77. The first-order valence-electron chi connectivity index (χ1n) is 8.58. The number of aromatic nitrogens is 1. The van der Waals surface area contributed by atoms with Crippen molar-refractivity contribution in [1.82, 2.24) is 4.98 Å².